The fourth-order valence-electron chi connectivity index (χ4n) is 1.44. The number of aromatic nitrogens is 2. The van der Waals surface area contributed by atoms with E-state index in [4.69, 9.17) is 18.0 Å². The van der Waals surface area contributed by atoms with Crippen molar-refractivity contribution in [2.24, 2.45) is 5.73 Å². The van der Waals surface area contributed by atoms with Gasteiger partial charge in [-0.05, 0) is 12.1 Å². The zero-order chi connectivity index (χ0) is 12.3. The minimum atomic E-state index is 0.314. The van der Waals surface area contributed by atoms with Gasteiger partial charge in [-0.1, -0.05) is 12.2 Å². The van der Waals surface area contributed by atoms with Crippen LogP contribution in [-0.4, -0.2) is 22.0 Å². The second kappa shape index (κ2) is 5.20. The number of rotatable bonds is 4. The third-order valence-electron chi connectivity index (χ3n) is 2.32. The van der Waals surface area contributed by atoms with Gasteiger partial charge in [-0.2, -0.15) is 0 Å². The van der Waals surface area contributed by atoms with Crippen molar-refractivity contribution >= 4 is 34.2 Å². The lowest BCUT2D eigenvalue weighted by molar-refractivity contribution is 0.893. The molecule has 0 saturated heterocycles. The van der Waals surface area contributed by atoms with Gasteiger partial charge in [-0.15, -0.1) is 11.3 Å². The van der Waals surface area contributed by atoms with Crippen LogP contribution in [0, 0.1) is 0 Å². The topological polar surface area (TPSA) is 55.0 Å². The van der Waals surface area contributed by atoms with Gasteiger partial charge >= 0.3 is 0 Å². The zero-order valence-corrected chi connectivity index (χ0v) is 11.0. The van der Waals surface area contributed by atoms with Gasteiger partial charge in [0.1, 0.15) is 4.99 Å². The number of nitrogens with two attached hydrogens (primary N) is 1. The molecule has 0 fully saturated rings. The highest BCUT2D eigenvalue weighted by atomic mass is 32.1. The van der Waals surface area contributed by atoms with Crippen LogP contribution in [0.5, 0.6) is 0 Å². The van der Waals surface area contributed by atoms with Gasteiger partial charge in [0.05, 0.1) is 23.4 Å². The van der Waals surface area contributed by atoms with Crippen LogP contribution in [0.2, 0.25) is 0 Å². The van der Waals surface area contributed by atoms with E-state index in [1.54, 1.807) is 17.5 Å². The van der Waals surface area contributed by atoms with Crippen molar-refractivity contribution in [2.75, 3.05) is 11.9 Å². The summed E-state index contributed by atoms with van der Waals surface area (Å²) in [6.45, 7) is 0.754. The molecule has 17 heavy (non-hydrogen) atoms. The molecule has 88 valence electrons. The van der Waals surface area contributed by atoms with Gasteiger partial charge in [0.25, 0.3) is 0 Å². The second-order valence-corrected chi connectivity index (χ2v) is 4.76. The minimum absolute atomic E-state index is 0.314. The molecule has 0 aliphatic carbocycles. The van der Waals surface area contributed by atoms with E-state index in [0.717, 1.165) is 17.9 Å². The Labute approximate surface area is 109 Å². The van der Waals surface area contributed by atoms with E-state index in [-0.39, 0.29) is 0 Å². The van der Waals surface area contributed by atoms with E-state index in [1.807, 2.05) is 30.1 Å². The van der Waals surface area contributed by atoms with Crippen molar-refractivity contribution in [1.29, 1.82) is 0 Å². The highest BCUT2D eigenvalue weighted by molar-refractivity contribution is 7.80. The maximum Gasteiger partial charge on any atom is 0.122 e. The van der Waals surface area contributed by atoms with E-state index >= 15 is 0 Å². The van der Waals surface area contributed by atoms with Crippen molar-refractivity contribution < 1.29 is 0 Å². The van der Waals surface area contributed by atoms with E-state index in [2.05, 4.69) is 14.9 Å². The number of thiocarbonyl (C=S) groups is 1. The van der Waals surface area contributed by atoms with Gasteiger partial charge in [-0.3, -0.25) is 4.98 Å². The normalized spacial score (nSPS) is 10.2. The van der Waals surface area contributed by atoms with E-state index in [0.29, 0.717) is 10.7 Å². The SMILES string of the molecule is CN(Cc1cscn1)c1ccnc(C(N)=S)c1. The predicted octanol–water partition coefficient (Wildman–Crippen LogP) is 1.81. The Bertz CT molecular complexity index is 510. The Morgan fingerprint density at radius 3 is 3.00 bits per heavy atom. The number of pyridine rings is 1. The van der Waals surface area contributed by atoms with Gasteiger partial charge in [-0.25, -0.2) is 4.98 Å². The van der Waals surface area contributed by atoms with Crippen molar-refractivity contribution in [1.82, 2.24) is 9.97 Å². The van der Waals surface area contributed by atoms with Crippen LogP contribution >= 0.6 is 23.6 Å². The first-order chi connectivity index (χ1) is 8.16. The fraction of sp³-hybridized carbons (Fsp3) is 0.182. The van der Waals surface area contributed by atoms with Crippen LogP contribution in [-0.2, 0) is 6.54 Å². The zero-order valence-electron chi connectivity index (χ0n) is 9.33. The van der Waals surface area contributed by atoms with Crippen LogP contribution in [0.25, 0.3) is 0 Å². The largest absolute Gasteiger partial charge is 0.388 e. The Kier molecular flexibility index (Phi) is 3.65. The molecule has 2 N–H and O–H groups in total. The molecule has 0 radical (unpaired) electrons. The summed E-state index contributed by atoms with van der Waals surface area (Å²) in [5.41, 5.74) is 10.1. The van der Waals surface area contributed by atoms with Crippen LogP contribution in [0.15, 0.2) is 29.2 Å². The number of hydrogen-bond donors (Lipinski definition) is 1. The molecule has 0 aliphatic heterocycles. The van der Waals surface area contributed by atoms with Crippen molar-refractivity contribution in [3.8, 4) is 0 Å². The Morgan fingerprint density at radius 2 is 2.35 bits per heavy atom. The Balaban J connectivity index is 2.16. The average Bonchev–Trinajstić information content (AvgIpc) is 2.82. The second-order valence-electron chi connectivity index (χ2n) is 3.60. The summed E-state index contributed by atoms with van der Waals surface area (Å²) in [6.07, 6.45) is 1.71. The molecule has 2 rings (SSSR count). The van der Waals surface area contributed by atoms with Gasteiger partial charge in [0.15, 0.2) is 0 Å². The van der Waals surface area contributed by atoms with Crippen LogP contribution < -0.4 is 10.6 Å². The average molecular weight is 264 g/mol. The molecule has 0 spiro atoms. The molecule has 0 bridgehead atoms. The number of nitrogens with zero attached hydrogens (tertiary/aromatic N) is 3. The lowest BCUT2D eigenvalue weighted by Crippen LogP contribution is -2.18. The number of thiazole rings is 1. The highest BCUT2D eigenvalue weighted by Crippen LogP contribution is 2.15. The number of anilines is 1. The molecule has 0 aliphatic rings. The molecule has 4 nitrogen and oxygen atoms in total. The summed E-state index contributed by atoms with van der Waals surface area (Å²) < 4.78 is 0. The van der Waals surface area contributed by atoms with Gasteiger partial charge < -0.3 is 10.6 Å². The standard InChI is InChI=1S/C11H12N4S2/c1-15(5-8-6-17-7-14-8)9-2-3-13-10(4-9)11(12)16/h2-4,6-7H,5H2,1H3,(H2,12,16). The molecule has 2 aromatic heterocycles. The lowest BCUT2D eigenvalue weighted by Gasteiger charge is -2.18. The Hall–Kier alpha value is -1.53. The summed E-state index contributed by atoms with van der Waals surface area (Å²) in [4.78, 5) is 10.8. The van der Waals surface area contributed by atoms with Crippen LogP contribution in [0.1, 0.15) is 11.4 Å². The molecule has 0 atom stereocenters. The minimum Gasteiger partial charge on any atom is -0.388 e. The lowest BCUT2D eigenvalue weighted by atomic mass is 10.3. The quantitative estimate of drug-likeness (QED) is 0.854. The molecule has 2 aromatic rings. The molecule has 6 heteroatoms. The molecule has 0 saturated carbocycles. The first-order valence-corrected chi connectivity index (χ1v) is 6.36. The van der Waals surface area contributed by atoms with Crippen molar-refractivity contribution in [2.45, 2.75) is 6.54 Å². The van der Waals surface area contributed by atoms with Crippen molar-refractivity contribution in [3.63, 3.8) is 0 Å². The smallest absolute Gasteiger partial charge is 0.122 e. The molecule has 0 aromatic carbocycles. The number of hydrogen-bond acceptors (Lipinski definition) is 5. The predicted molar refractivity (Wildman–Crippen MR) is 74.3 cm³/mol. The third kappa shape index (κ3) is 2.98. The maximum absolute atomic E-state index is 5.56. The Morgan fingerprint density at radius 1 is 1.53 bits per heavy atom. The molecule has 0 unspecified atom stereocenters. The molecular formula is C11H12N4S2. The first kappa shape index (κ1) is 11.9. The molecule has 2 heterocycles. The summed E-state index contributed by atoms with van der Waals surface area (Å²) >= 11 is 6.50. The fourth-order valence-corrected chi connectivity index (χ4v) is 2.10. The van der Waals surface area contributed by atoms with E-state index < -0.39 is 0 Å². The first-order valence-electron chi connectivity index (χ1n) is 5.01. The van der Waals surface area contributed by atoms with E-state index in [9.17, 15) is 0 Å². The van der Waals surface area contributed by atoms with Gasteiger partial charge in [0.2, 0.25) is 0 Å². The molecule has 0 amide bonds. The van der Waals surface area contributed by atoms with Crippen LogP contribution in [0.4, 0.5) is 5.69 Å². The van der Waals surface area contributed by atoms with Crippen molar-refractivity contribution in [3.05, 3.63) is 40.6 Å². The monoisotopic (exact) mass is 264 g/mol. The highest BCUT2D eigenvalue weighted by Gasteiger charge is 2.06. The third-order valence-corrected chi connectivity index (χ3v) is 3.16. The van der Waals surface area contributed by atoms with Gasteiger partial charge in [0, 0.05) is 24.3 Å². The van der Waals surface area contributed by atoms with Crippen LogP contribution in [0.3, 0.4) is 0 Å². The summed E-state index contributed by atoms with van der Waals surface area (Å²) in [7, 11) is 2.00. The van der Waals surface area contributed by atoms with E-state index in [1.165, 1.54) is 0 Å². The maximum atomic E-state index is 5.56. The molecular weight excluding hydrogens is 252 g/mol. The summed E-state index contributed by atoms with van der Waals surface area (Å²) in [5.74, 6) is 0. The summed E-state index contributed by atoms with van der Waals surface area (Å²) in [5, 5.41) is 2.03. The summed E-state index contributed by atoms with van der Waals surface area (Å²) in [6, 6.07) is 3.81.